The fourth-order valence-electron chi connectivity index (χ4n) is 1.01. The average Bonchev–Trinajstić information content (AvgIpc) is 2.12. The monoisotopic (exact) mass is 184 g/mol. The number of rotatable bonds is 2. The van der Waals surface area contributed by atoms with E-state index in [1.54, 1.807) is 0 Å². The van der Waals surface area contributed by atoms with Crippen LogP contribution in [0.4, 0.5) is 0 Å². The van der Waals surface area contributed by atoms with Crippen LogP contribution in [-0.4, -0.2) is 40.1 Å². The van der Waals surface area contributed by atoms with E-state index in [4.69, 9.17) is 10.2 Å². The summed E-state index contributed by atoms with van der Waals surface area (Å²) in [6, 6.07) is 0. The number of aliphatic hydroxyl groups excluding tert-OH is 3. The van der Waals surface area contributed by atoms with Crippen molar-refractivity contribution in [2.24, 2.45) is 0 Å². The van der Waals surface area contributed by atoms with Crippen molar-refractivity contribution in [1.82, 2.24) is 0 Å². The largest absolute Gasteiger partial charge is 0.507 e. The van der Waals surface area contributed by atoms with Crippen LogP contribution in [0, 0.1) is 0 Å². The predicted molar refractivity (Wildman–Crippen MR) is 41.9 cm³/mol. The molecule has 1 rings (SSSR count). The van der Waals surface area contributed by atoms with Gasteiger partial charge in [-0.1, -0.05) is 0 Å². The third-order valence-electron chi connectivity index (χ3n) is 1.72. The summed E-state index contributed by atoms with van der Waals surface area (Å²) in [5.41, 5.74) is -0.412. The Morgan fingerprint density at radius 1 is 1.15 bits per heavy atom. The van der Waals surface area contributed by atoms with Gasteiger partial charge in [-0.15, -0.1) is 0 Å². The second-order valence-electron chi connectivity index (χ2n) is 2.51. The fourth-order valence-corrected chi connectivity index (χ4v) is 1.01. The van der Waals surface area contributed by atoms with Crippen molar-refractivity contribution in [3.63, 3.8) is 0 Å². The van der Waals surface area contributed by atoms with Crippen molar-refractivity contribution < 1.29 is 24.9 Å². The van der Waals surface area contributed by atoms with Gasteiger partial charge in [-0.05, 0) is 6.08 Å². The van der Waals surface area contributed by atoms with Crippen LogP contribution in [0.1, 0.15) is 0 Å². The number of hydrogen-bond donors (Lipinski definition) is 3. The van der Waals surface area contributed by atoms with E-state index in [1.165, 1.54) is 0 Å². The zero-order valence-corrected chi connectivity index (χ0v) is 6.65. The minimum Gasteiger partial charge on any atom is -0.507 e. The standard InChI is InChI=1S/C8H8O5/c9-2-4-1-6(11)8(13)5(3-10)7(4)12/h1,9-10,12H,2-3H2. The smallest absolute Gasteiger partial charge is 0.234 e. The number of carbonyl (C=O) groups is 2. The van der Waals surface area contributed by atoms with Gasteiger partial charge in [0.15, 0.2) is 0 Å². The number of carbonyl (C=O) groups excluding carboxylic acids is 2. The van der Waals surface area contributed by atoms with Gasteiger partial charge in [-0.2, -0.15) is 0 Å². The molecular weight excluding hydrogens is 176 g/mol. The van der Waals surface area contributed by atoms with Gasteiger partial charge in [0.25, 0.3) is 0 Å². The highest BCUT2D eigenvalue weighted by atomic mass is 16.3. The Bertz CT molecular complexity index is 323. The van der Waals surface area contributed by atoms with Gasteiger partial charge < -0.3 is 15.3 Å². The van der Waals surface area contributed by atoms with Gasteiger partial charge in [0.1, 0.15) is 5.76 Å². The Hall–Kier alpha value is -1.46. The molecule has 0 atom stereocenters. The van der Waals surface area contributed by atoms with Gasteiger partial charge in [0.05, 0.1) is 18.8 Å². The fraction of sp³-hybridized carbons (Fsp3) is 0.250. The first kappa shape index (κ1) is 9.63. The molecular formula is C8H8O5. The Morgan fingerprint density at radius 3 is 2.23 bits per heavy atom. The summed E-state index contributed by atoms with van der Waals surface area (Å²) in [6.07, 6.45) is 0.858. The molecule has 0 saturated carbocycles. The van der Waals surface area contributed by atoms with Crippen LogP contribution in [0.15, 0.2) is 23.0 Å². The van der Waals surface area contributed by atoms with Gasteiger partial charge in [-0.25, -0.2) is 0 Å². The van der Waals surface area contributed by atoms with Crippen LogP contribution >= 0.6 is 0 Å². The van der Waals surface area contributed by atoms with E-state index < -0.39 is 30.5 Å². The lowest BCUT2D eigenvalue weighted by Gasteiger charge is -2.12. The minimum atomic E-state index is -0.933. The summed E-state index contributed by atoms with van der Waals surface area (Å²) in [6.45, 7) is -1.26. The topological polar surface area (TPSA) is 94.8 Å². The first-order chi connectivity index (χ1) is 6.11. The van der Waals surface area contributed by atoms with E-state index >= 15 is 0 Å². The molecule has 0 aromatic carbocycles. The molecule has 0 heterocycles. The Labute approximate surface area is 73.6 Å². The lowest BCUT2D eigenvalue weighted by molar-refractivity contribution is -0.132. The molecule has 0 unspecified atom stereocenters. The second kappa shape index (κ2) is 3.51. The molecule has 0 bridgehead atoms. The van der Waals surface area contributed by atoms with Gasteiger partial charge in [-0.3, -0.25) is 9.59 Å². The van der Waals surface area contributed by atoms with Crippen molar-refractivity contribution in [2.45, 2.75) is 0 Å². The van der Waals surface area contributed by atoms with Gasteiger partial charge >= 0.3 is 0 Å². The summed E-state index contributed by atoms with van der Waals surface area (Å²) in [5, 5.41) is 26.6. The average molecular weight is 184 g/mol. The number of aliphatic hydroxyl groups is 3. The van der Waals surface area contributed by atoms with E-state index in [2.05, 4.69) is 0 Å². The third-order valence-corrected chi connectivity index (χ3v) is 1.72. The first-order valence-electron chi connectivity index (χ1n) is 3.55. The normalized spacial score (nSPS) is 17.8. The molecule has 0 fully saturated rings. The second-order valence-corrected chi connectivity index (χ2v) is 2.51. The van der Waals surface area contributed by atoms with Gasteiger partial charge in [0.2, 0.25) is 11.6 Å². The molecule has 0 radical (unpaired) electrons. The van der Waals surface area contributed by atoms with Crippen molar-refractivity contribution in [3.8, 4) is 0 Å². The molecule has 70 valence electrons. The van der Waals surface area contributed by atoms with E-state index in [1.807, 2.05) is 0 Å². The summed E-state index contributed by atoms with van der Waals surface area (Å²) >= 11 is 0. The summed E-state index contributed by atoms with van der Waals surface area (Å²) < 4.78 is 0. The maximum atomic E-state index is 11.0. The van der Waals surface area contributed by atoms with Crippen molar-refractivity contribution in [3.05, 3.63) is 23.0 Å². The van der Waals surface area contributed by atoms with E-state index in [0.29, 0.717) is 0 Å². The SMILES string of the molecule is O=C1C=C(CO)C(O)=C(CO)C1=O. The van der Waals surface area contributed by atoms with E-state index in [9.17, 15) is 14.7 Å². The van der Waals surface area contributed by atoms with E-state index in [-0.39, 0.29) is 11.1 Å². The highest BCUT2D eigenvalue weighted by molar-refractivity contribution is 6.48. The Morgan fingerprint density at radius 2 is 1.77 bits per heavy atom. The Kier molecular flexibility index (Phi) is 2.60. The van der Waals surface area contributed by atoms with E-state index in [0.717, 1.165) is 6.08 Å². The molecule has 5 nitrogen and oxygen atoms in total. The van der Waals surface area contributed by atoms with Crippen LogP contribution < -0.4 is 0 Å². The first-order valence-corrected chi connectivity index (χ1v) is 3.55. The Balaban J connectivity index is 3.19. The lowest BCUT2D eigenvalue weighted by atomic mass is 9.96. The van der Waals surface area contributed by atoms with Crippen LogP contribution in [-0.2, 0) is 9.59 Å². The molecule has 5 heteroatoms. The minimum absolute atomic E-state index is 0.0475. The van der Waals surface area contributed by atoms with Gasteiger partial charge in [0, 0.05) is 5.57 Å². The van der Waals surface area contributed by atoms with Crippen LogP contribution in [0.3, 0.4) is 0 Å². The lowest BCUT2D eigenvalue weighted by Crippen LogP contribution is -2.24. The molecule has 0 aliphatic heterocycles. The molecule has 13 heavy (non-hydrogen) atoms. The van der Waals surface area contributed by atoms with Crippen molar-refractivity contribution in [1.29, 1.82) is 0 Å². The molecule has 0 amide bonds. The molecule has 0 spiro atoms. The van der Waals surface area contributed by atoms with Crippen LogP contribution in [0.5, 0.6) is 0 Å². The van der Waals surface area contributed by atoms with Crippen LogP contribution in [0.2, 0.25) is 0 Å². The maximum absolute atomic E-state index is 11.0. The number of Topliss-reactive ketones (excluding diaryl/α,β-unsaturated/α-hetero) is 1. The maximum Gasteiger partial charge on any atom is 0.234 e. The van der Waals surface area contributed by atoms with Crippen molar-refractivity contribution in [2.75, 3.05) is 13.2 Å². The number of hydrogen-bond acceptors (Lipinski definition) is 5. The molecule has 1 aliphatic carbocycles. The zero-order valence-electron chi connectivity index (χ0n) is 6.65. The summed E-state index contributed by atoms with van der Waals surface area (Å²) in [7, 11) is 0. The predicted octanol–water partition coefficient (Wildman–Crippen LogP) is -1.14. The molecule has 3 N–H and O–H groups in total. The third kappa shape index (κ3) is 1.51. The highest BCUT2D eigenvalue weighted by Gasteiger charge is 2.27. The quantitative estimate of drug-likeness (QED) is 0.372. The van der Waals surface area contributed by atoms with Crippen LogP contribution in [0.25, 0.3) is 0 Å². The number of ketones is 2. The zero-order chi connectivity index (χ0) is 10.0. The van der Waals surface area contributed by atoms with Crippen molar-refractivity contribution >= 4 is 11.6 Å². The number of allylic oxidation sites excluding steroid dienone is 1. The molecule has 0 aromatic rings. The summed E-state index contributed by atoms with van der Waals surface area (Å²) in [4.78, 5) is 21.9. The molecule has 1 aliphatic rings. The summed E-state index contributed by atoms with van der Waals surface area (Å²) in [5.74, 6) is -2.28. The molecule has 0 saturated heterocycles. The molecule has 0 aromatic heterocycles. The highest BCUT2D eigenvalue weighted by Crippen LogP contribution is 2.18.